The molecule has 0 aliphatic carbocycles. The van der Waals surface area contributed by atoms with E-state index in [0.29, 0.717) is 32.2 Å². The third-order valence-electron chi connectivity index (χ3n) is 5.48. The molecule has 2 atom stereocenters. The Morgan fingerprint density at radius 3 is 2.47 bits per heavy atom. The molecule has 0 bridgehead atoms. The van der Waals surface area contributed by atoms with Gasteiger partial charge < -0.3 is 19.1 Å². The minimum atomic E-state index is -3.01. The number of aromatic nitrogens is 1. The van der Waals surface area contributed by atoms with Crippen LogP contribution in [0.4, 0.5) is 4.79 Å². The summed E-state index contributed by atoms with van der Waals surface area (Å²) < 4.78 is 27.8. The largest absolute Gasteiger partial charge is 0.493 e. The molecule has 1 aliphatic heterocycles. The smallest absolute Gasteiger partial charge is 0.331 e. The van der Waals surface area contributed by atoms with Crippen molar-refractivity contribution in [1.82, 2.24) is 15.6 Å². The van der Waals surface area contributed by atoms with Crippen LogP contribution in [0.3, 0.4) is 0 Å². The standard InChI is InChI=1S/C23H30N3O6PS/c1-16(24-11-13-33(29,30-2)31-3)18-6-7-19(25-15-18)10-12-32-20-8-4-17(5-9-20)14-21-22(27)26-23(28)34-21/h4-9,15-16,21,24H,10-14H2,1-3H3,(H,26,27,28). The average molecular weight is 508 g/mol. The zero-order valence-corrected chi connectivity index (χ0v) is 21.2. The molecule has 2 N–H and O–H groups in total. The van der Waals surface area contributed by atoms with Crippen molar-refractivity contribution in [3.05, 3.63) is 59.4 Å². The number of carbonyl (C=O) groups excluding carboxylic acids is 2. The van der Waals surface area contributed by atoms with E-state index >= 15 is 0 Å². The molecule has 1 aliphatic rings. The van der Waals surface area contributed by atoms with Crippen LogP contribution in [-0.4, -0.2) is 54.9 Å². The van der Waals surface area contributed by atoms with Crippen molar-refractivity contribution < 1.29 is 27.9 Å². The molecule has 3 rings (SSSR count). The van der Waals surface area contributed by atoms with Crippen LogP contribution in [0.5, 0.6) is 5.75 Å². The number of hydrogen-bond acceptors (Lipinski definition) is 9. The van der Waals surface area contributed by atoms with E-state index in [0.717, 1.165) is 34.3 Å². The highest BCUT2D eigenvalue weighted by Gasteiger charge is 2.31. The summed E-state index contributed by atoms with van der Waals surface area (Å²) in [6.07, 6.45) is 3.29. The maximum atomic E-state index is 12.1. The van der Waals surface area contributed by atoms with Gasteiger partial charge in [0.05, 0.1) is 18.0 Å². The van der Waals surface area contributed by atoms with Gasteiger partial charge in [-0.15, -0.1) is 0 Å². The summed E-state index contributed by atoms with van der Waals surface area (Å²) in [5, 5.41) is 4.94. The third-order valence-corrected chi connectivity index (χ3v) is 8.34. The van der Waals surface area contributed by atoms with Crippen LogP contribution in [0.25, 0.3) is 0 Å². The number of ether oxygens (including phenoxy) is 1. The summed E-state index contributed by atoms with van der Waals surface area (Å²) in [6, 6.07) is 11.6. The van der Waals surface area contributed by atoms with Crippen LogP contribution in [0, 0.1) is 0 Å². The van der Waals surface area contributed by atoms with Gasteiger partial charge >= 0.3 is 7.60 Å². The summed E-state index contributed by atoms with van der Waals surface area (Å²) >= 11 is 1.03. The van der Waals surface area contributed by atoms with Gasteiger partial charge in [0.15, 0.2) is 0 Å². The Kier molecular flexibility index (Phi) is 9.67. The molecule has 11 heteroatoms. The molecule has 9 nitrogen and oxygen atoms in total. The minimum Gasteiger partial charge on any atom is -0.493 e. The predicted octanol–water partition coefficient (Wildman–Crippen LogP) is 3.73. The fraction of sp³-hybridized carbons (Fsp3) is 0.435. The Bertz CT molecular complexity index is 1010. The number of nitrogens with one attached hydrogen (secondary N) is 2. The van der Waals surface area contributed by atoms with E-state index in [-0.39, 0.29) is 22.4 Å². The Hall–Kier alpha value is -2.23. The molecule has 1 aromatic carbocycles. The summed E-state index contributed by atoms with van der Waals surface area (Å²) in [5.41, 5.74) is 2.92. The number of hydrogen-bond donors (Lipinski definition) is 2. The van der Waals surface area contributed by atoms with E-state index in [1.54, 1.807) is 0 Å². The molecule has 2 unspecified atom stereocenters. The van der Waals surface area contributed by atoms with Gasteiger partial charge in [-0.1, -0.05) is 30.0 Å². The first kappa shape index (κ1) is 26.4. The molecule has 1 fully saturated rings. The molecule has 1 aromatic heterocycles. The lowest BCUT2D eigenvalue weighted by Gasteiger charge is -2.17. The summed E-state index contributed by atoms with van der Waals surface area (Å²) in [4.78, 5) is 27.5. The topological polar surface area (TPSA) is 116 Å². The highest BCUT2D eigenvalue weighted by Crippen LogP contribution is 2.45. The van der Waals surface area contributed by atoms with E-state index in [2.05, 4.69) is 15.6 Å². The SMILES string of the molecule is COP(=O)(CCNC(C)c1ccc(CCOc2ccc(CC3SC(=O)NC3=O)cc2)nc1)OC. The second kappa shape index (κ2) is 12.5. The van der Waals surface area contributed by atoms with Crippen molar-refractivity contribution >= 4 is 30.5 Å². The van der Waals surface area contributed by atoms with Crippen LogP contribution in [-0.2, 0) is 31.2 Å². The van der Waals surface area contributed by atoms with Crippen molar-refractivity contribution in [1.29, 1.82) is 0 Å². The Labute approximate surface area is 203 Å². The second-order valence-electron chi connectivity index (χ2n) is 7.79. The fourth-order valence-electron chi connectivity index (χ4n) is 3.37. The van der Waals surface area contributed by atoms with Crippen molar-refractivity contribution in [3.63, 3.8) is 0 Å². The number of pyridine rings is 1. The van der Waals surface area contributed by atoms with Gasteiger partial charge in [-0.25, -0.2) is 0 Å². The fourth-order valence-corrected chi connectivity index (χ4v) is 5.15. The van der Waals surface area contributed by atoms with E-state index in [1.165, 1.54) is 14.2 Å². The lowest BCUT2D eigenvalue weighted by Crippen LogP contribution is -2.25. The first-order valence-corrected chi connectivity index (χ1v) is 13.5. The van der Waals surface area contributed by atoms with Crippen molar-refractivity contribution in [3.8, 4) is 5.75 Å². The molecule has 2 amide bonds. The van der Waals surface area contributed by atoms with Gasteiger partial charge in [0.1, 0.15) is 5.75 Å². The number of amides is 2. The van der Waals surface area contributed by atoms with Crippen molar-refractivity contribution in [2.75, 3.05) is 33.5 Å². The summed E-state index contributed by atoms with van der Waals surface area (Å²) in [7, 11) is -0.239. The molecule has 1 saturated heterocycles. The molecular weight excluding hydrogens is 477 g/mol. The van der Waals surface area contributed by atoms with E-state index in [1.807, 2.05) is 49.5 Å². The van der Waals surface area contributed by atoms with Crippen LogP contribution in [0.2, 0.25) is 0 Å². The Morgan fingerprint density at radius 2 is 1.88 bits per heavy atom. The van der Waals surface area contributed by atoms with Crippen LogP contribution < -0.4 is 15.4 Å². The maximum Gasteiger partial charge on any atom is 0.331 e. The lowest BCUT2D eigenvalue weighted by molar-refractivity contribution is -0.118. The number of carbonyl (C=O) groups is 2. The molecule has 0 radical (unpaired) electrons. The molecule has 2 heterocycles. The number of nitrogens with zero attached hydrogens (tertiary/aromatic N) is 1. The van der Waals surface area contributed by atoms with Crippen LogP contribution >= 0.6 is 19.4 Å². The number of thioether (sulfide) groups is 1. The summed E-state index contributed by atoms with van der Waals surface area (Å²) in [5.74, 6) is 0.504. The quantitative estimate of drug-likeness (QED) is 0.391. The van der Waals surface area contributed by atoms with Crippen LogP contribution in [0.1, 0.15) is 29.8 Å². The highest BCUT2D eigenvalue weighted by molar-refractivity contribution is 8.15. The van der Waals surface area contributed by atoms with E-state index < -0.39 is 7.60 Å². The normalized spacial score (nSPS) is 17.0. The Morgan fingerprint density at radius 1 is 1.15 bits per heavy atom. The molecule has 2 aromatic rings. The Balaban J connectivity index is 1.40. The van der Waals surface area contributed by atoms with Crippen molar-refractivity contribution in [2.45, 2.75) is 31.1 Å². The first-order valence-electron chi connectivity index (χ1n) is 10.9. The zero-order chi connectivity index (χ0) is 24.6. The van der Waals surface area contributed by atoms with E-state index in [4.69, 9.17) is 13.8 Å². The van der Waals surface area contributed by atoms with Gasteiger partial charge in [-0.05, 0) is 42.7 Å². The molecule has 34 heavy (non-hydrogen) atoms. The number of rotatable bonds is 13. The van der Waals surface area contributed by atoms with Gasteiger partial charge in [-0.2, -0.15) is 0 Å². The number of benzene rings is 1. The maximum absolute atomic E-state index is 12.1. The third kappa shape index (κ3) is 7.65. The lowest BCUT2D eigenvalue weighted by atomic mass is 10.1. The predicted molar refractivity (Wildman–Crippen MR) is 131 cm³/mol. The molecule has 0 saturated carbocycles. The zero-order valence-electron chi connectivity index (χ0n) is 19.5. The van der Waals surface area contributed by atoms with Crippen LogP contribution in [0.15, 0.2) is 42.6 Å². The monoisotopic (exact) mass is 507 g/mol. The highest BCUT2D eigenvalue weighted by atomic mass is 32.2. The van der Waals surface area contributed by atoms with Gasteiger partial charge in [-0.3, -0.25) is 24.5 Å². The first-order chi connectivity index (χ1) is 16.3. The molecule has 184 valence electrons. The molecule has 0 spiro atoms. The van der Waals surface area contributed by atoms with Gasteiger partial charge in [0, 0.05) is 45.1 Å². The summed E-state index contributed by atoms with van der Waals surface area (Å²) in [6.45, 7) is 3.00. The van der Waals surface area contributed by atoms with Gasteiger partial charge in [0.2, 0.25) is 5.91 Å². The molecular formula is C23H30N3O6PS. The second-order valence-corrected chi connectivity index (χ2v) is 11.4. The average Bonchev–Trinajstić information content (AvgIpc) is 3.16. The number of imide groups is 1. The van der Waals surface area contributed by atoms with Gasteiger partial charge in [0.25, 0.3) is 5.24 Å². The van der Waals surface area contributed by atoms with Crippen molar-refractivity contribution in [2.24, 2.45) is 0 Å². The minimum absolute atomic E-state index is 0.0466. The van der Waals surface area contributed by atoms with E-state index in [9.17, 15) is 14.2 Å².